The van der Waals surface area contributed by atoms with Crippen LogP contribution in [0.25, 0.3) is 99.2 Å². The van der Waals surface area contributed by atoms with Gasteiger partial charge in [0.1, 0.15) is 28.4 Å². The number of hydrogen-bond acceptors (Lipinski definition) is 3. The van der Waals surface area contributed by atoms with Crippen LogP contribution in [0.4, 0.5) is 0 Å². The Bertz CT molecular complexity index is 3760. The Balaban J connectivity index is 0.995. The molecule has 2 aliphatic heterocycles. The lowest BCUT2D eigenvalue weighted by Gasteiger charge is -2.33. The van der Waals surface area contributed by atoms with Gasteiger partial charge >= 0.3 is 6.92 Å². The molecule has 0 saturated carbocycles. The first kappa shape index (κ1) is 32.1. The highest BCUT2D eigenvalue weighted by molar-refractivity contribution is 6.84. The van der Waals surface area contributed by atoms with Crippen LogP contribution >= 0.6 is 0 Å². The number of fused-ring (bicyclic) bond motifs is 13. The molecule has 14 rings (SSSR count). The summed E-state index contributed by atoms with van der Waals surface area (Å²) in [4.78, 5) is 0. The maximum atomic E-state index is 7.06. The molecule has 6 heteroatoms. The molecule has 5 nitrogen and oxygen atoms in total. The van der Waals surface area contributed by atoms with Crippen molar-refractivity contribution >= 4 is 83.4 Å². The third-order valence-corrected chi connectivity index (χ3v) is 12.8. The third-order valence-electron chi connectivity index (χ3n) is 12.8. The van der Waals surface area contributed by atoms with Gasteiger partial charge in [-0.05, 0) is 83.4 Å². The van der Waals surface area contributed by atoms with Crippen LogP contribution in [0.15, 0.2) is 192 Å². The molecule has 0 atom stereocenters. The van der Waals surface area contributed by atoms with Crippen molar-refractivity contribution in [1.29, 1.82) is 0 Å². The average Bonchev–Trinajstić information content (AvgIpc) is 3.96. The number of ether oxygens (including phenoxy) is 1. The Hall–Kier alpha value is -7.96. The predicted molar refractivity (Wildman–Crippen MR) is 245 cm³/mol. The van der Waals surface area contributed by atoms with Crippen LogP contribution in [-0.4, -0.2) is 16.0 Å². The number of aromatic nitrogens is 2. The topological polar surface area (TPSA) is 41.5 Å². The second-order valence-corrected chi connectivity index (χ2v) is 16.0. The van der Waals surface area contributed by atoms with Crippen molar-refractivity contribution in [3.05, 3.63) is 188 Å². The molecule has 12 aromatic rings. The Morgan fingerprint density at radius 1 is 0.367 bits per heavy atom. The summed E-state index contributed by atoms with van der Waals surface area (Å²) in [6.07, 6.45) is 0. The molecular weight excluding hydrogens is 735 g/mol. The fraction of sp³-hybridized carbons (Fsp3) is 0. The lowest BCUT2D eigenvalue weighted by Crippen LogP contribution is -2.53. The first-order valence-corrected chi connectivity index (χ1v) is 20.4. The lowest BCUT2D eigenvalue weighted by molar-refractivity contribution is 0.479. The fourth-order valence-electron chi connectivity index (χ4n) is 10.1. The molecule has 0 N–H and O–H groups in total. The van der Waals surface area contributed by atoms with Gasteiger partial charge in [0.2, 0.25) is 0 Å². The van der Waals surface area contributed by atoms with E-state index in [0.29, 0.717) is 0 Å². The zero-order valence-electron chi connectivity index (χ0n) is 32.1. The number of hydrogen-bond donors (Lipinski definition) is 0. The van der Waals surface area contributed by atoms with Gasteiger partial charge in [-0.25, -0.2) is 0 Å². The molecule has 0 bridgehead atoms. The lowest BCUT2D eigenvalue weighted by atomic mass is 9.51. The zero-order valence-corrected chi connectivity index (χ0v) is 32.1. The second kappa shape index (κ2) is 11.8. The second-order valence-electron chi connectivity index (χ2n) is 16.0. The minimum absolute atomic E-state index is 0.322. The molecule has 0 unspecified atom stereocenters. The van der Waals surface area contributed by atoms with Crippen LogP contribution in [0, 0.1) is 0 Å². The van der Waals surface area contributed by atoms with E-state index in [-0.39, 0.29) is 6.92 Å². The van der Waals surface area contributed by atoms with E-state index in [4.69, 9.17) is 13.8 Å². The Morgan fingerprint density at radius 3 is 1.77 bits per heavy atom. The Labute approximate surface area is 344 Å². The molecule has 278 valence electrons. The highest BCUT2D eigenvalue weighted by Gasteiger charge is 2.41. The molecular formula is C54H31BN2O3. The van der Waals surface area contributed by atoms with Crippen molar-refractivity contribution in [2.45, 2.75) is 0 Å². The van der Waals surface area contributed by atoms with E-state index in [1.54, 1.807) is 0 Å². The minimum Gasteiger partial charge on any atom is -0.551 e. The smallest absolute Gasteiger partial charge is 0.434 e. The van der Waals surface area contributed by atoms with Gasteiger partial charge < -0.3 is 22.9 Å². The fourth-order valence-corrected chi connectivity index (χ4v) is 10.1. The molecule has 0 spiro atoms. The van der Waals surface area contributed by atoms with Crippen LogP contribution in [0.1, 0.15) is 0 Å². The predicted octanol–water partition coefficient (Wildman–Crippen LogP) is 12.7. The van der Waals surface area contributed by atoms with Crippen LogP contribution in [-0.2, 0) is 0 Å². The van der Waals surface area contributed by atoms with Crippen LogP contribution in [0.5, 0.6) is 17.2 Å². The maximum Gasteiger partial charge on any atom is 0.434 e. The summed E-state index contributed by atoms with van der Waals surface area (Å²) in [5.74, 6) is 2.46. The summed E-state index contributed by atoms with van der Waals surface area (Å²) < 4.78 is 24.9. The van der Waals surface area contributed by atoms with Crippen molar-refractivity contribution < 1.29 is 13.8 Å². The Kier molecular flexibility index (Phi) is 6.31. The maximum absolute atomic E-state index is 7.06. The normalized spacial score (nSPS) is 12.9. The number of para-hydroxylation sites is 5. The molecule has 0 radical (unpaired) electrons. The summed E-state index contributed by atoms with van der Waals surface area (Å²) in [5, 5.41) is 7.10. The number of rotatable bonds is 3. The summed E-state index contributed by atoms with van der Waals surface area (Å²) in [7, 11) is 0. The van der Waals surface area contributed by atoms with E-state index < -0.39 is 0 Å². The van der Waals surface area contributed by atoms with Gasteiger partial charge in [-0.1, -0.05) is 115 Å². The molecule has 3 aromatic heterocycles. The summed E-state index contributed by atoms with van der Waals surface area (Å²) in [6.45, 7) is -0.322. The SMILES string of the molecule is c1ccc2c(c1)Oc1cc(-n3c4ccccc4c4ccc(-n5c6ccccc6c6ccccc65)cc43)cc3c1B2Oc1cc(-c2ccc4oc5ccccc5c4c2)ccc1-3. The first-order valence-electron chi connectivity index (χ1n) is 20.4. The van der Waals surface area contributed by atoms with Crippen LogP contribution in [0.3, 0.4) is 0 Å². The molecule has 5 heterocycles. The van der Waals surface area contributed by atoms with Gasteiger partial charge in [-0.15, -0.1) is 0 Å². The number of nitrogens with zero attached hydrogens (tertiary/aromatic N) is 2. The van der Waals surface area contributed by atoms with E-state index in [1.807, 2.05) is 24.3 Å². The summed E-state index contributed by atoms with van der Waals surface area (Å²) in [5.41, 5.74) is 15.0. The number of furan rings is 1. The van der Waals surface area contributed by atoms with E-state index in [1.165, 1.54) is 32.6 Å². The van der Waals surface area contributed by atoms with E-state index >= 15 is 0 Å². The Morgan fingerprint density at radius 2 is 0.983 bits per heavy atom. The zero-order chi connectivity index (χ0) is 39.1. The molecule has 0 saturated heterocycles. The van der Waals surface area contributed by atoms with E-state index in [0.717, 1.165) is 94.8 Å². The monoisotopic (exact) mass is 766 g/mol. The number of benzene rings is 9. The molecule has 2 aliphatic rings. The standard InChI is InChI=1S/C54H31BN2O3/c1-6-16-45-36(11-1)37-12-2-7-17-46(37)56(45)34-23-25-39-38-13-3-8-18-47(38)57(48(39)30-34)35-29-43-41-24-21-33(32-22-26-50-42(27-32)40-14-4-9-19-49(40)58-50)28-52(41)60-55-44-15-5-10-20-51(44)59-53(31-35)54(43)55/h1-31H. The van der Waals surface area contributed by atoms with Gasteiger partial charge in [0, 0.05) is 60.6 Å². The van der Waals surface area contributed by atoms with Gasteiger partial charge in [0.25, 0.3) is 0 Å². The summed E-state index contributed by atoms with van der Waals surface area (Å²) >= 11 is 0. The van der Waals surface area contributed by atoms with E-state index in [2.05, 4.69) is 173 Å². The van der Waals surface area contributed by atoms with Gasteiger partial charge in [0.05, 0.1) is 27.8 Å². The molecule has 60 heavy (non-hydrogen) atoms. The minimum atomic E-state index is -0.322. The quantitative estimate of drug-likeness (QED) is 0.168. The van der Waals surface area contributed by atoms with Crippen LogP contribution in [0.2, 0.25) is 0 Å². The average molecular weight is 767 g/mol. The molecule has 0 fully saturated rings. The largest absolute Gasteiger partial charge is 0.551 e. The van der Waals surface area contributed by atoms with Crippen LogP contribution < -0.4 is 20.3 Å². The van der Waals surface area contributed by atoms with Gasteiger partial charge in [-0.3, -0.25) is 0 Å². The van der Waals surface area contributed by atoms with E-state index in [9.17, 15) is 0 Å². The van der Waals surface area contributed by atoms with Crippen molar-refractivity contribution in [1.82, 2.24) is 9.13 Å². The molecule has 0 aliphatic carbocycles. The van der Waals surface area contributed by atoms with Gasteiger partial charge in [-0.2, -0.15) is 0 Å². The highest BCUT2D eigenvalue weighted by atomic mass is 16.5. The molecule has 9 aromatic carbocycles. The molecule has 0 amide bonds. The third kappa shape index (κ3) is 4.37. The first-order chi connectivity index (χ1) is 29.7. The highest BCUT2D eigenvalue weighted by Crippen LogP contribution is 2.44. The van der Waals surface area contributed by atoms with Gasteiger partial charge in [0.15, 0.2) is 0 Å². The summed E-state index contributed by atoms with van der Waals surface area (Å²) in [6, 6.07) is 67.1. The van der Waals surface area contributed by atoms with Crippen molar-refractivity contribution in [3.8, 4) is 50.9 Å². The van der Waals surface area contributed by atoms with Crippen molar-refractivity contribution in [2.75, 3.05) is 0 Å². The van der Waals surface area contributed by atoms with Crippen molar-refractivity contribution in [2.24, 2.45) is 0 Å². The van der Waals surface area contributed by atoms with Crippen molar-refractivity contribution in [3.63, 3.8) is 0 Å².